The Kier molecular flexibility index (Phi) is 9.01. The number of rotatable bonds is 4. The van der Waals surface area contributed by atoms with Crippen LogP contribution < -0.4 is 15.8 Å². The van der Waals surface area contributed by atoms with E-state index in [9.17, 15) is 0 Å². The van der Waals surface area contributed by atoms with Gasteiger partial charge in [-0.15, -0.1) is 0 Å². The van der Waals surface area contributed by atoms with Crippen LogP contribution in [0.5, 0.6) is 0 Å². The number of hydrogen-bond acceptors (Lipinski definition) is 1. The average molecular weight is 848 g/mol. The molecule has 2 aliphatic rings. The zero-order valence-electron chi connectivity index (χ0n) is 40.5. The summed E-state index contributed by atoms with van der Waals surface area (Å²) < 4.78 is 5.38. The molecule has 7 aromatic carbocycles. The Morgan fingerprint density at radius 1 is 0.477 bits per heavy atom. The van der Waals surface area contributed by atoms with Crippen LogP contribution in [0, 0.1) is 5.41 Å². The van der Waals surface area contributed by atoms with Crippen molar-refractivity contribution in [1.82, 2.24) is 9.05 Å². The van der Waals surface area contributed by atoms with Crippen molar-refractivity contribution in [3.8, 4) is 28.1 Å². The van der Waals surface area contributed by atoms with Gasteiger partial charge in [-0.2, -0.15) is 0 Å². The molecule has 9 aromatic rings. The van der Waals surface area contributed by atoms with Crippen LogP contribution in [0.3, 0.4) is 0 Å². The van der Waals surface area contributed by atoms with E-state index < -0.39 is 0 Å². The third-order valence-corrected chi connectivity index (χ3v) is 14.2. The van der Waals surface area contributed by atoms with Crippen molar-refractivity contribution >= 4 is 67.5 Å². The van der Waals surface area contributed by atoms with Crippen LogP contribution in [0.4, 0.5) is 17.1 Å². The molecule has 0 bridgehead atoms. The molecule has 0 N–H and O–H groups in total. The fraction of sp³-hybridized carbons (Fsp3) is 0.279. The highest BCUT2D eigenvalue weighted by Crippen LogP contribution is 2.51. The molecule has 324 valence electrons. The van der Waals surface area contributed by atoms with E-state index in [1.807, 2.05) is 0 Å². The van der Waals surface area contributed by atoms with E-state index in [0.717, 1.165) is 6.42 Å². The topological polar surface area (TPSA) is 13.1 Å². The second-order valence-electron chi connectivity index (χ2n) is 23.3. The van der Waals surface area contributed by atoms with Gasteiger partial charge >= 0.3 is 6.85 Å². The molecule has 11 rings (SSSR count). The normalized spacial score (nSPS) is 13.8. The van der Waals surface area contributed by atoms with Crippen molar-refractivity contribution < 1.29 is 0 Å². The molecule has 4 heteroatoms. The summed E-state index contributed by atoms with van der Waals surface area (Å²) in [6.07, 6.45) is 0.987. The molecular weight excluding hydrogens is 786 g/mol. The lowest BCUT2D eigenvalue weighted by molar-refractivity contribution is 0.411. The third-order valence-electron chi connectivity index (χ3n) is 14.2. The van der Waals surface area contributed by atoms with Crippen LogP contribution in [0.2, 0.25) is 0 Å². The van der Waals surface area contributed by atoms with Crippen molar-refractivity contribution in [2.45, 2.75) is 106 Å². The fourth-order valence-electron chi connectivity index (χ4n) is 11.0. The lowest BCUT2D eigenvalue weighted by Crippen LogP contribution is -2.57. The molecule has 0 spiro atoms. The highest BCUT2D eigenvalue weighted by molar-refractivity contribution is 6.89. The van der Waals surface area contributed by atoms with Crippen molar-refractivity contribution in [3.63, 3.8) is 0 Å². The minimum absolute atomic E-state index is 0.0484. The molecule has 0 unspecified atom stereocenters. The van der Waals surface area contributed by atoms with Crippen LogP contribution in [-0.4, -0.2) is 15.9 Å². The summed E-state index contributed by atoms with van der Waals surface area (Å²) in [5, 5.41) is 3.83. The molecule has 4 heterocycles. The first-order valence-corrected chi connectivity index (χ1v) is 23.8. The summed E-state index contributed by atoms with van der Waals surface area (Å²) in [6, 6.07) is 56.3. The second kappa shape index (κ2) is 14.1. The zero-order chi connectivity index (χ0) is 45.5. The Morgan fingerprint density at radius 3 is 1.65 bits per heavy atom. The quantitative estimate of drug-likeness (QED) is 0.161. The van der Waals surface area contributed by atoms with E-state index in [-0.39, 0.29) is 28.5 Å². The Morgan fingerprint density at radius 2 is 1.05 bits per heavy atom. The molecule has 0 atom stereocenters. The third kappa shape index (κ3) is 6.53. The summed E-state index contributed by atoms with van der Waals surface area (Å²) in [5.41, 5.74) is 21.9. The van der Waals surface area contributed by atoms with Crippen LogP contribution >= 0.6 is 0 Å². The second-order valence-corrected chi connectivity index (χ2v) is 23.3. The number of aromatic nitrogens is 2. The van der Waals surface area contributed by atoms with Crippen molar-refractivity contribution in [3.05, 3.63) is 168 Å². The minimum Gasteiger partial charge on any atom is -0.374 e. The summed E-state index contributed by atoms with van der Waals surface area (Å²) in [6.45, 7) is 28.2. The number of anilines is 3. The predicted octanol–water partition coefficient (Wildman–Crippen LogP) is 15.3. The summed E-state index contributed by atoms with van der Waals surface area (Å²) in [4.78, 5) is 2.60. The van der Waals surface area contributed by atoms with Gasteiger partial charge in [0, 0.05) is 44.3 Å². The number of hydrogen-bond donors (Lipinski definition) is 0. The van der Waals surface area contributed by atoms with E-state index in [1.165, 1.54) is 111 Å². The van der Waals surface area contributed by atoms with E-state index in [2.05, 4.69) is 243 Å². The van der Waals surface area contributed by atoms with Gasteiger partial charge in [-0.25, -0.2) is 0 Å². The van der Waals surface area contributed by atoms with Crippen molar-refractivity contribution in [2.75, 3.05) is 4.90 Å². The van der Waals surface area contributed by atoms with E-state index in [4.69, 9.17) is 0 Å². The highest BCUT2D eigenvalue weighted by Gasteiger charge is 2.45. The molecule has 0 saturated carbocycles. The van der Waals surface area contributed by atoms with E-state index >= 15 is 0 Å². The Balaban J connectivity index is 1.36. The molecule has 0 radical (unpaired) electrons. The number of benzene rings is 7. The van der Waals surface area contributed by atoms with Gasteiger partial charge in [0.05, 0.1) is 22.4 Å². The van der Waals surface area contributed by atoms with Crippen molar-refractivity contribution in [1.29, 1.82) is 0 Å². The van der Waals surface area contributed by atoms with Crippen LogP contribution in [0.25, 0.3) is 60.8 Å². The SMILES string of the molecule is CC(C)(C)Cc1ccc2c(c1)B1c3c(cc(C(C)(C)C)cc3N2c2ccc(C(C)(C)C)cc2)-c2cc(C(C)(C)C)cc3c(-n4c5ccccc5c5ccccc54)c(-c4ccccc4)n1c23. The van der Waals surface area contributed by atoms with Gasteiger partial charge in [0.15, 0.2) is 0 Å². The first-order chi connectivity index (χ1) is 30.8. The lowest BCUT2D eigenvalue weighted by atomic mass is 9.44. The minimum atomic E-state index is -0.106. The van der Waals surface area contributed by atoms with E-state index in [1.54, 1.807) is 0 Å². The van der Waals surface area contributed by atoms with Gasteiger partial charge in [0.25, 0.3) is 0 Å². The maximum atomic E-state index is 2.79. The van der Waals surface area contributed by atoms with Crippen LogP contribution in [0.1, 0.15) is 105 Å². The number of nitrogens with zero attached hydrogens (tertiary/aromatic N) is 3. The Bertz CT molecular complexity index is 3320. The predicted molar refractivity (Wildman–Crippen MR) is 282 cm³/mol. The first-order valence-electron chi connectivity index (χ1n) is 23.8. The first kappa shape index (κ1) is 41.4. The van der Waals surface area contributed by atoms with Gasteiger partial charge < -0.3 is 13.9 Å². The van der Waals surface area contributed by atoms with Gasteiger partial charge in [-0.3, -0.25) is 0 Å². The molecule has 3 nitrogen and oxygen atoms in total. The molecule has 0 amide bonds. The Labute approximate surface area is 386 Å². The highest BCUT2D eigenvalue weighted by atomic mass is 15.2. The van der Waals surface area contributed by atoms with Gasteiger partial charge in [-0.05, 0) is 121 Å². The molecule has 2 aliphatic heterocycles. The molecular formula is C61H62BN3. The molecule has 0 fully saturated rings. The van der Waals surface area contributed by atoms with E-state index in [0.29, 0.717) is 0 Å². The summed E-state index contributed by atoms with van der Waals surface area (Å²) >= 11 is 0. The summed E-state index contributed by atoms with van der Waals surface area (Å²) in [5.74, 6) is 0. The summed E-state index contributed by atoms with van der Waals surface area (Å²) in [7, 11) is 0. The van der Waals surface area contributed by atoms with Gasteiger partial charge in [-0.1, -0.05) is 180 Å². The Hall–Kier alpha value is -6.26. The molecule has 65 heavy (non-hydrogen) atoms. The average Bonchev–Trinajstić information content (AvgIpc) is 3.76. The lowest BCUT2D eigenvalue weighted by Gasteiger charge is -2.42. The number of fused-ring (bicyclic) bond motifs is 7. The molecule has 2 aromatic heterocycles. The fourth-order valence-corrected chi connectivity index (χ4v) is 11.0. The molecule has 0 saturated heterocycles. The van der Waals surface area contributed by atoms with Gasteiger partial charge in [0.2, 0.25) is 0 Å². The number of para-hydroxylation sites is 2. The largest absolute Gasteiger partial charge is 0.374 e. The maximum absolute atomic E-state index is 2.79. The molecule has 0 aliphatic carbocycles. The smallest absolute Gasteiger partial charge is 0.333 e. The van der Waals surface area contributed by atoms with Crippen LogP contribution in [-0.2, 0) is 22.7 Å². The maximum Gasteiger partial charge on any atom is 0.333 e. The van der Waals surface area contributed by atoms with Crippen LogP contribution in [0.15, 0.2) is 146 Å². The monoisotopic (exact) mass is 848 g/mol. The van der Waals surface area contributed by atoms with Crippen molar-refractivity contribution in [2.24, 2.45) is 5.41 Å². The zero-order valence-corrected chi connectivity index (χ0v) is 40.5. The standard InChI is InChI=1S/C61H62BN3/c1-58(2,3)37-38-26-31-52-49(32-38)62-54-46(33-42(61(10,11)12)36-53(54)63(52)43-29-27-40(28-30-43)59(4,5)6)47-34-41(60(7,8)9)35-48-56(47)65(62)55(39-20-14-13-15-21-39)57(48)64-50-24-18-16-22-44(50)45-23-17-19-25-51(45)64/h13-36H,37H2,1-12H3. The van der Waals surface area contributed by atoms with Gasteiger partial charge in [0.1, 0.15) is 0 Å².